The van der Waals surface area contributed by atoms with Gasteiger partial charge in [-0.3, -0.25) is 4.68 Å². The molecule has 0 amide bonds. The molecule has 1 N–H and O–H groups in total. The Bertz CT molecular complexity index is 392. The molecule has 6 heteroatoms. The van der Waals surface area contributed by atoms with Crippen molar-refractivity contribution in [1.29, 1.82) is 0 Å². The topological polar surface area (TPSA) is 64.3 Å². The Morgan fingerprint density at radius 1 is 1.65 bits per heavy atom. The number of aliphatic hydroxyl groups excluding tert-OH is 1. The van der Waals surface area contributed by atoms with Crippen molar-refractivity contribution in [3.05, 3.63) is 17.5 Å². The van der Waals surface area contributed by atoms with Crippen LogP contribution in [0.3, 0.4) is 0 Å². The highest BCUT2D eigenvalue weighted by Crippen LogP contribution is 2.23. The van der Waals surface area contributed by atoms with Crippen LogP contribution in [0.5, 0.6) is 0 Å². The molecule has 17 heavy (non-hydrogen) atoms. The lowest BCUT2D eigenvalue weighted by Crippen LogP contribution is -2.26. The van der Waals surface area contributed by atoms with Crippen molar-refractivity contribution in [1.82, 2.24) is 9.78 Å². The fourth-order valence-corrected chi connectivity index (χ4v) is 1.58. The molecule has 1 aromatic heterocycles. The summed E-state index contributed by atoms with van der Waals surface area (Å²) in [4.78, 5) is 11.2. The number of carbonyl (C=O) groups excluding carboxylic acids is 1. The number of alkyl halides is 1. The molecule has 0 spiro atoms. The summed E-state index contributed by atoms with van der Waals surface area (Å²) in [6, 6.07) is 0. The molecular formula is C11H17FN2O3. The maximum Gasteiger partial charge on any atom is 0.343 e. The van der Waals surface area contributed by atoms with Crippen LogP contribution >= 0.6 is 0 Å². The van der Waals surface area contributed by atoms with Crippen LogP contribution in [-0.4, -0.2) is 33.6 Å². The SMILES string of the molecule is CCOC(=O)C(F)C(O)c1cn(C)nc1CC. The van der Waals surface area contributed by atoms with E-state index >= 15 is 0 Å². The van der Waals surface area contributed by atoms with E-state index < -0.39 is 18.2 Å². The maximum atomic E-state index is 13.6. The number of esters is 1. The number of hydrogen-bond donors (Lipinski definition) is 1. The average Bonchev–Trinajstić information content (AvgIpc) is 2.68. The van der Waals surface area contributed by atoms with Gasteiger partial charge >= 0.3 is 5.97 Å². The Hall–Kier alpha value is -1.43. The van der Waals surface area contributed by atoms with Gasteiger partial charge in [0.05, 0.1) is 12.3 Å². The molecule has 0 saturated heterocycles. The molecule has 0 aliphatic heterocycles. The van der Waals surface area contributed by atoms with Gasteiger partial charge in [-0.05, 0) is 13.3 Å². The van der Waals surface area contributed by atoms with Crippen molar-refractivity contribution in [2.45, 2.75) is 32.5 Å². The zero-order valence-electron chi connectivity index (χ0n) is 10.2. The Balaban J connectivity index is 2.87. The zero-order valence-corrected chi connectivity index (χ0v) is 10.2. The number of ether oxygens (including phenoxy) is 1. The summed E-state index contributed by atoms with van der Waals surface area (Å²) >= 11 is 0. The van der Waals surface area contributed by atoms with Gasteiger partial charge in [0.15, 0.2) is 0 Å². The minimum absolute atomic E-state index is 0.0830. The van der Waals surface area contributed by atoms with Crippen LogP contribution in [0, 0.1) is 0 Å². The lowest BCUT2D eigenvalue weighted by molar-refractivity contribution is -0.153. The van der Waals surface area contributed by atoms with Crippen LogP contribution in [0.2, 0.25) is 0 Å². The van der Waals surface area contributed by atoms with Gasteiger partial charge < -0.3 is 9.84 Å². The van der Waals surface area contributed by atoms with Crippen molar-refractivity contribution in [3.8, 4) is 0 Å². The molecule has 0 aliphatic carbocycles. The lowest BCUT2D eigenvalue weighted by Gasteiger charge is -2.14. The van der Waals surface area contributed by atoms with Crippen molar-refractivity contribution >= 4 is 5.97 Å². The number of hydrogen-bond acceptors (Lipinski definition) is 4. The largest absolute Gasteiger partial charge is 0.464 e. The first-order chi connectivity index (χ1) is 8.01. The van der Waals surface area contributed by atoms with Crippen LogP contribution in [0.15, 0.2) is 6.20 Å². The summed E-state index contributed by atoms with van der Waals surface area (Å²) in [5.74, 6) is -1.05. The predicted octanol–water partition coefficient (Wildman–Crippen LogP) is 0.917. The van der Waals surface area contributed by atoms with E-state index in [1.54, 1.807) is 14.0 Å². The Morgan fingerprint density at radius 2 is 2.29 bits per heavy atom. The van der Waals surface area contributed by atoms with E-state index in [0.717, 1.165) is 0 Å². The minimum atomic E-state index is -2.08. The second kappa shape index (κ2) is 5.77. The minimum Gasteiger partial charge on any atom is -0.464 e. The molecular weight excluding hydrogens is 227 g/mol. The van der Waals surface area contributed by atoms with Crippen molar-refractivity contribution in [2.24, 2.45) is 7.05 Å². The smallest absolute Gasteiger partial charge is 0.343 e. The van der Waals surface area contributed by atoms with E-state index in [-0.39, 0.29) is 6.61 Å². The highest BCUT2D eigenvalue weighted by Gasteiger charge is 2.31. The average molecular weight is 244 g/mol. The number of rotatable bonds is 5. The first-order valence-corrected chi connectivity index (χ1v) is 5.52. The number of aromatic nitrogens is 2. The van der Waals surface area contributed by atoms with Crippen LogP contribution in [0.25, 0.3) is 0 Å². The Labute approximate surface area is 99.2 Å². The molecule has 0 aromatic carbocycles. The fraction of sp³-hybridized carbons (Fsp3) is 0.636. The van der Waals surface area contributed by atoms with Gasteiger partial charge in [0.1, 0.15) is 6.10 Å². The van der Waals surface area contributed by atoms with Gasteiger partial charge in [0.25, 0.3) is 0 Å². The van der Waals surface area contributed by atoms with Crippen LogP contribution in [0.4, 0.5) is 4.39 Å². The summed E-state index contributed by atoms with van der Waals surface area (Å²) < 4.78 is 19.6. The molecule has 1 rings (SSSR count). The van der Waals surface area contributed by atoms with Gasteiger partial charge in [0.2, 0.25) is 6.17 Å². The monoisotopic (exact) mass is 244 g/mol. The highest BCUT2D eigenvalue weighted by atomic mass is 19.1. The maximum absolute atomic E-state index is 13.6. The molecule has 2 unspecified atom stereocenters. The third-order valence-electron chi connectivity index (χ3n) is 2.38. The van der Waals surface area contributed by atoms with E-state index in [9.17, 15) is 14.3 Å². The first-order valence-electron chi connectivity index (χ1n) is 5.52. The third-order valence-corrected chi connectivity index (χ3v) is 2.38. The summed E-state index contributed by atoms with van der Waals surface area (Å²) in [5, 5.41) is 13.9. The van der Waals surface area contributed by atoms with Gasteiger partial charge in [-0.2, -0.15) is 5.10 Å². The summed E-state index contributed by atoms with van der Waals surface area (Å²) in [6.07, 6.45) is -1.54. The summed E-state index contributed by atoms with van der Waals surface area (Å²) in [7, 11) is 1.67. The zero-order chi connectivity index (χ0) is 13.0. The lowest BCUT2D eigenvalue weighted by atomic mass is 10.1. The standard InChI is InChI=1S/C11H17FN2O3/c1-4-8-7(6-14(3)13-8)10(15)9(12)11(16)17-5-2/h6,9-10,15H,4-5H2,1-3H3. The molecule has 0 fully saturated rings. The van der Waals surface area contributed by atoms with E-state index in [4.69, 9.17) is 0 Å². The van der Waals surface area contributed by atoms with Crippen molar-refractivity contribution in [3.63, 3.8) is 0 Å². The molecule has 1 aromatic rings. The van der Waals surface area contributed by atoms with Gasteiger partial charge in [-0.1, -0.05) is 6.92 Å². The summed E-state index contributed by atoms with van der Waals surface area (Å²) in [5.41, 5.74) is 0.905. The number of aliphatic hydroxyl groups is 1. The predicted molar refractivity (Wildman–Crippen MR) is 59.1 cm³/mol. The second-order valence-electron chi connectivity index (χ2n) is 3.66. The third kappa shape index (κ3) is 3.03. The number of aryl methyl sites for hydroxylation is 2. The Kier molecular flexibility index (Phi) is 4.62. The van der Waals surface area contributed by atoms with Crippen LogP contribution in [0.1, 0.15) is 31.2 Å². The van der Waals surface area contributed by atoms with Gasteiger partial charge in [-0.15, -0.1) is 0 Å². The second-order valence-corrected chi connectivity index (χ2v) is 3.66. The van der Waals surface area contributed by atoms with Crippen molar-refractivity contribution < 1.29 is 19.0 Å². The van der Waals surface area contributed by atoms with E-state index in [2.05, 4.69) is 9.84 Å². The van der Waals surface area contributed by atoms with Crippen LogP contribution in [-0.2, 0) is 23.0 Å². The van der Waals surface area contributed by atoms with E-state index in [1.165, 1.54) is 10.9 Å². The molecule has 0 radical (unpaired) electrons. The fourth-order valence-electron chi connectivity index (χ4n) is 1.58. The Morgan fingerprint density at radius 3 is 2.82 bits per heavy atom. The molecule has 0 aliphatic rings. The number of carbonyl (C=O) groups is 1. The van der Waals surface area contributed by atoms with E-state index in [1.807, 2.05) is 6.92 Å². The molecule has 0 bridgehead atoms. The quantitative estimate of drug-likeness (QED) is 0.782. The highest BCUT2D eigenvalue weighted by molar-refractivity contribution is 5.75. The number of halogens is 1. The molecule has 1 heterocycles. The van der Waals surface area contributed by atoms with Crippen LogP contribution < -0.4 is 0 Å². The van der Waals surface area contributed by atoms with Gasteiger partial charge in [0, 0.05) is 18.8 Å². The summed E-state index contributed by atoms with van der Waals surface area (Å²) in [6.45, 7) is 3.51. The van der Waals surface area contributed by atoms with E-state index in [0.29, 0.717) is 17.7 Å². The molecule has 5 nitrogen and oxygen atoms in total. The molecule has 0 saturated carbocycles. The van der Waals surface area contributed by atoms with Crippen molar-refractivity contribution in [2.75, 3.05) is 6.61 Å². The number of nitrogens with zero attached hydrogens (tertiary/aromatic N) is 2. The first kappa shape index (κ1) is 13.6. The van der Waals surface area contributed by atoms with Gasteiger partial charge in [-0.25, -0.2) is 9.18 Å². The molecule has 2 atom stereocenters. The normalized spacial score (nSPS) is 14.4. The molecule has 96 valence electrons.